The standard InChI is InChI=1S/C7H14N6O/c1-4-13(2)6-9-5(12-8)10-7(11-6)14-3/h4,8H2,1-3H3,(H,9,10,11,12). The molecule has 3 N–H and O–H groups in total. The monoisotopic (exact) mass is 198 g/mol. The van der Waals surface area contributed by atoms with Gasteiger partial charge in [-0.2, -0.15) is 15.0 Å². The van der Waals surface area contributed by atoms with Crippen LogP contribution < -0.4 is 20.9 Å². The summed E-state index contributed by atoms with van der Waals surface area (Å²) in [5.41, 5.74) is 2.35. The lowest BCUT2D eigenvalue weighted by Crippen LogP contribution is -2.21. The van der Waals surface area contributed by atoms with Gasteiger partial charge in [-0.25, -0.2) is 5.84 Å². The molecule has 0 radical (unpaired) electrons. The van der Waals surface area contributed by atoms with Gasteiger partial charge in [-0.15, -0.1) is 0 Å². The summed E-state index contributed by atoms with van der Waals surface area (Å²) in [5, 5.41) is 0. The van der Waals surface area contributed by atoms with Gasteiger partial charge in [0, 0.05) is 13.6 Å². The van der Waals surface area contributed by atoms with Gasteiger partial charge in [0.05, 0.1) is 7.11 Å². The predicted molar refractivity (Wildman–Crippen MR) is 53.1 cm³/mol. The summed E-state index contributed by atoms with van der Waals surface area (Å²) in [4.78, 5) is 13.8. The number of nitrogens with one attached hydrogen (secondary N) is 1. The molecule has 1 aromatic heterocycles. The van der Waals surface area contributed by atoms with E-state index in [1.165, 1.54) is 7.11 Å². The molecular weight excluding hydrogens is 184 g/mol. The molecule has 0 atom stereocenters. The number of methoxy groups -OCH3 is 1. The van der Waals surface area contributed by atoms with Gasteiger partial charge < -0.3 is 9.64 Å². The van der Waals surface area contributed by atoms with Gasteiger partial charge in [0.15, 0.2) is 0 Å². The highest BCUT2D eigenvalue weighted by Crippen LogP contribution is 2.12. The molecule has 1 aromatic rings. The second kappa shape index (κ2) is 4.56. The Labute approximate surface area is 82.3 Å². The fourth-order valence-electron chi connectivity index (χ4n) is 0.814. The molecule has 0 aromatic carbocycles. The quantitative estimate of drug-likeness (QED) is 0.503. The Morgan fingerprint density at radius 1 is 1.43 bits per heavy atom. The molecule has 1 heterocycles. The van der Waals surface area contributed by atoms with E-state index in [9.17, 15) is 0 Å². The normalized spacial score (nSPS) is 9.71. The second-order valence-corrected chi connectivity index (χ2v) is 2.60. The van der Waals surface area contributed by atoms with Gasteiger partial charge in [0.1, 0.15) is 0 Å². The highest BCUT2D eigenvalue weighted by Gasteiger charge is 2.08. The van der Waals surface area contributed by atoms with Gasteiger partial charge in [-0.3, -0.25) is 5.43 Å². The summed E-state index contributed by atoms with van der Waals surface area (Å²) in [5.74, 6) is 6.01. The zero-order valence-electron chi connectivity index (χ0n) is 8.48. The Morgan fingerprint density at radius 2 is 2.14 bits per heavy atom. The van der Waals surface area contributed by atoms with Crippen LogP contribution in [0.15, 0.2) is 0 Å². The third-order valence-corrected chi connectivity index (χ3v) is 1.73. The molecule has 0 aliphatic rings. The number of hydrogen-bond donors (Lipinski definition) is 2. The minimum absolute atomic E-state index is 0.239. The molecule has 7 heteroatoms. The first-order chi connectivity index (χ1) is 6.71. The molecule has 0 amide bonds. The SMILES string of the molecule is CCN(C)c1nc(NN)nc(OC)n1. The maximum Gasteiger partial charge on any atom is 0.322 e. The molecule has 78 valence electrons. The molecule has 14 heavy (non-hydrogen) atoms. The number of ether oxygens (including phenoxy) is 1. The number of nitrogen functional groups attached to an aromatic ring is 1. The van der Waals surface area contributed by atoms with Crippen LogP contribution in [0, 0.1) is 0 Å². The minimum Gasteiger partial charge on any atom is -0.467 e. The summed E-state index contributed by atoms with van der Waals surface area (Å²) in [6.45, 7) is 2.78. The molecule has 0 spiro atoms. The van der Waals surface area contributed by atoms with E-state index in [-0.39, 0.29) is 12.0 Å². The van der Waals surface area contributed by atoms with Crippen LogP contribution in [0.5, 0.6) is 6.01 Å². The van der Waals surface area contributed by atoms with E-state index in [4.69, 9.17) is 10.6 Å². The van der Waals surface area contributed by atoms with Crippen molar-refractivity contribution in [2.45, 2.75) is 6.92 Å². The smallest absolute Gasteiger partial charge is 0.322 e. The lowest BCUT2D eigenvalue weighted by molar-refractivity contribution is 0.379. The van der Waals surface area contributed by atoms with Crippen LogP contribution >= 0.6 is 0 Å². The van der Waals surface area contributed by atoms with Crippen LogP contribution in [-0.4, -0.2) is 35.7 Å². The van der Waals surface area contributed by atoms with Gasteiger partial charge in [0.25, 0.3) is 0 Å². The van der Waals surface area contributed by atoms with Crippen LogP contribution in [0.1, 0.15) is 6.92 Å². The van der Waals surface area contributed by atoms with Crippen molar-refractivity contribution in [3.8, 4) is 6.01 Å². The van der Waals surface area contributed by atoms with Crippen molar-refractivity contribution in [3.05, 3.63) is 0 Å². The van der Waals surface area contributed by atoms with E-state index < -0.39 is 0 Å². The Bertz CT molecular complexity index is 282. The van der Waals surface area contributed by atoms with Gasteiger partial charge in [0.2, 0.25) is 11.9 Å². The summed E-state index contributed by atoms with van der Waals surface area (Å²) < 4.78 is 4.91. The van der Waals surface area contributed by atoms with Crippen molar-refractivity contribution in [2.75, 3.05) is 31.0 Å². The Morgan fingerprint density at radius 3 is 2.64 bits per heavy atom. The first kappa shape index (κ1) is 10.5. The number of aromatic nitrogens is 3. The van der Waals surface area contributed by atoms with Gasteiger partial charge in [-0.05, 0) is 6.92 Å². The molecular formula is C7H14N6O. The van der Waals surface area contributed by atoms with E-state index in [0.29, 0.717) is 5.95 Å². The van der Waals surface area contributed by atoms with E-state index >= 15 is 0 Å². The lowest BCUT2D eigenvalue weighted by atomic mass is 10.6. The van der Waals surface area contributed by atoms with E-state index in [1.807, 2.05) is 18.9 Å². The van der Waals surface area contributed by atoms with Crippen LogP contribution in [0.25, 0.3) is 0 Å². The molecule has 0 aliphatic heterocycles. The van der Waals surface area contributed by atoms with Crippen molar-refractivity contribution in [1.82, 2.24) is 15.0 Å². The van der Waals surface area contributed by atoms with Crippen molar-refractivity contribution < 1.29 is 4.74 Å². The second-order valence-electron chi connectivity index (χ2n) is 2.60. The lowest BCUT2D eigenvalue weighted by Gasteiger charge is -2.14. The van der Waals surface area contributed by atoms with Crippen LogP contribution in [0.2, 0.25) is 0 Å². The average Bonchev–Trinajstić information content (AvgIpc) is 2.27. The van der Waals surface area contributed by atoms with Crippen LogP contribution in [0.4, 0.5) is 11.9 Å². The molecule has 0 saturated carbocycles. The molecule has 0 bridgehead atoms. The van der Waals surface area contributed by atoms with E-state index in [1.54, 1.807) is 0 Å². The third kappa shape index (κ3) is 2.19. The predicted octanol–water partition coefficient (Wildman–Crippen LogP) is -0.378. The topological polar surface area (TPSA) is 89.2 Å². The summed E-state index contributed by atoms with van der Waals surface area (Å²) in [6, 6.07) is 0.239. The van der Waals surface area contributed by atoms with Crippen molar-refractivity contribution in [1.29, 1.82) is 0 Å². The number of hydrogen-bond acceptors (Lipinski definition) is 7. The number of anilines is 2. The van der Waals surface area contributed by atoms with Gasteiger partial charge in [-0.1, -0.05) is 0 Å². The zero-order valence-corrected chi connectivity index (χ0v) is 8.48. The third-order valence-electron chi connectivity index (χ3n) is 1.73. The van der Waals surface area contributed by atoms with Crippen molar-refractivity contribution >= 4 is 11.9 Å². The van der Waals surface area contributed by atoms with Gasteiger partial charge >= 0.3 is 6.01 Å². The summed E-state index contributed by atoms with van der Waals surface area (Å²) >= 11 is 0. The molecule has 0 fully saturated rings. The summed E-state index contributed by atoms with van der Waals surface area (Å²) in [7, 11) is 3.36. The maximum atomic E-state index is 5.21. The minimum atomic E-state index is 0.239. The maximum absolute atomic E-state index is 5.21. The fourth-order valence-corrected chi connectivity index (χ4v) is 0.814. The molecule has 0 aliphatic carbocycles. The summed E-state index contributed by atoms with van der Waals surface area (Å²) in [6.07, 6.45) is 0. The Kier molecular flexibility index (Phi) is 3.41. The largest absolute Gasteiger partial charge is 0.467 e. The average molecular weight is 198 g/mol. The highest BCUT2D eigenvalue weighted by atomic mass is 16.5. The number of nitrogens with zero attached hydrogens (tertiary/aromatic N) is 4. The Balaban J connectivity index is 3.04. The fraction of sp³-hybridized carbons (Fsp3) is 0.571. The Hall–Kier alpha value is -1.63. The van der Waals surface area contributed by atoms with Crippen LogP contribution in [0.3, 0.4) is 0 Å². The number of hydrazine groups is 1. The zero-order chi connectivity index (χ0) is 10.6. The van der Waals surface area contributed by atoms with Crippen molar-refractivity contribution in [3.63, 3.8) is 0 Å². The first-order valence-corrected chi connectivity index (χ1v) is 4.19. The number of rotatable bonds is 4. The molecule has 7 nitrogen and oxygen atoms in total. The first-order valence-electron chi connectivity index (χ1n) is 4.19. The van der Waals surface area contributed by atoms with Crippen LogP contribution in [-0.2, 0) is 0 Å². The van der Waals surface area contributed by atoms with E-state index in [0.717, 1.165) is 6.54 Å². The molecule has 0 unspecified atom stereocenters. The molecule has 0 saturated heterocycles. The van der Waals surface area contributed by atoms with E-state index in [2.05, 4.69) is 20.4 Å². The number of nitrogens with two attached hydrogens (primary N) is 1. The highest BCUT2D eigenvalue weighted by molar-refractivity contribution is 5.36. The molecule has 1 rings (SSSR count). The van der Waals surface area contributed by atoms with Crippen molar-refractivity contribution in [2.24, 2.45) is 5.84 Å².